The minimum absolute atomic E-state index is 0.0530. The first kappa shape index (κ1) is 18.3. The molecule has 0 aliphatic carbocycles. The Balaban J connectivity index is 1.53. The summed E-state index contributed by atoms with van der Waals surface area (Å²) in [6.07, 6.45) is 0. The van der Waals surface area contributed by atoms with Crippen molar-refractivity contribution >= 4 is 17.3 Å². The van der Waals surface area contributed by atoms with Gasteiger partial charge in [-0.3, -0.25) is 9.69 Å². The summed E-state index contributed by atoms with van der Waals surface area (Å²) >= 11 is 0. The molecule has 138 valence electrons. The van der Waals surface area contributed by atoms with Gasteiger partial charge in [0.15, 0.2) is 0 Å². The van der Waals surface area contributed by atoms with Crippen molar-refractivity contribution < 1.29 is 9.53 Å². The molecule has 0 saturated carbocycles. The molecule has 5 heteroatoms. The number of ether oxygens (including phenoxy) is 1. The molecule has 0 bridgehead atoms. The number of hydrogen-bond donors (Lipinski definition) is 1. The molecule has 0 unspecified atom stereocenters. The topological polar surface area (TPSA) is 44.8 Å². The number of aryl methyl sites for hydroxylation is 2. The van der Waals surface area contributed by atoms with Gasteiger partial charge in [-0.05, 0) is 37.1 Å². The minimum Gasteiger partial charge on any atom is -0.497 e. The number of nitrogens with one attached hydrogen (secondary N) is 1. The van der Waals surface area contributed by atoms with Crippen LogP contribution in [0.5, 0.6) is 5.75 Å². The Hall–Kier alpha value is -2.53. The first-order valence-corrected chi connectivity index (χ1v) is 9.04. The van der Waals surface area contributed by atoms with Crippen molar-refractivity contribution in [2.45, 2.75) is 13.8 Å². The molecule has 1 aliphatic heterocycles. The fourth-order valence-corrected chi connectivity index (χ4v) is 3.37. The van der Waals surface area contributed by atoms with Gasteiger partial charge >= 0.3 is 0 Å². The Morgan fingerprint density at radius 2 is 1.69 bits per heavy atom. The Morgan fingerprint density at radius 1 is 1.04 bits per heavy atom. The van der Waals surface area contributed by atoms with Crippen molar-refractivity contribution in [1.29, 1.82) is 0 Å². The third kappa shape index (κ3) is 4.35. The maximum absolute atomic E-state index is 12.4. The average molecular weight is 353 g/mol. The van der Waals surface area contributed by atoms with Crippen molar-refractivity contribution in [3.05, 3.63) is 53.6 Å². The number of hydrogen-bond acceptors (Lipinski definition) is 4. The summed E-state index contributed by atoms with van der Waals surface area (Å²) in [5, 5.41) is 3.07. The summed E-state index contributed by atoms with van der Waals surface area (Å²) in [6, 6.07) is 14.2. The van der Waals surface area contributed by atoms with E-state index in [1.54, 1.807) is 7.11 Å². The summed E-state index contributed by atoms with van der Waals surface area (Å²) in [6.45, 7) is 8.03. The largest absolute Gasteiger partial charge is 0.497 e. The highest BCUT2D eigenvalue weighted by Crippen LogP contribution is 2.22. The molecule has 1 aliphatic rings. The predicted molar refractivity (Wildman–Crippen MR) is 106 cm³/mol. The molecule has 1 heterocycles. The smallest absolute Gasteiger partial charge is 0.238 e. The van der Waals surface area contributed by atoms with Gasteiger partial charge in [0, 0.05) is 43.6 Å². The molecule has 1 N–H and O–H groups in total. The van der Waals surface area contributed by atoms with Gasteiger partial charge in [-0.2, -0.15) is 0 Å². The summed E-state index contributed by atoms with van der Waals surface area (Å²) in [4.78, 5) is 17.0. The first-order valence-electron chi connectivity index (χ1n) is 9.04. The zero-order valence-electron chi connectivity index (χ0n) is 15.8. The minimum atomic E-state index is 0.0530. The van der Waals surface area contributed by atoms with Crippen molar-refractivity contribution in [1.82, 2.24) is 4.90 Å². The Morgan fingerprint density at radius 3 is 2.35 bits per heavy atom. The summed E-state index contributed by atoms with van der Waals surface area (Å²) in [7, 11) is 1.69. The van der Waals surface area contributed by atoms with Gasteiger partial charge in [-0.15, -0.1) is 0 Å². The summed E-state index contributed by atoms with van der Waals surface area (Å²) < 4.78 is 5.31. The highest BCUT2D eigenvalue weighted by molar-refractivity contribution is 5.93. The van der Waals surface area contributed by atoms with E-state index in [1.807, 2.05) is 44.2 Å². The lowest BCUT2D eigenvalue weighted by atomic mass is 10.1. The Labute approximate surface area is 155 Å². The SMILES string of the molecule is COc1cccc(N2CCN(CC(=O)Nc3c(C)cccc3C)CC2)c1. The second kappa shape index (κ2) is 8.23. The normalized spacial score (nSPS) is 15.0. The van der Waals surface area contributed by atoms with Crippen molar-refractivity contribution in [2.75, 3.05) is 50.1 Å². The van der Waals surface area contributed by atoms with Crippen LogP contribution in [0.3, 0.4) is 0 Å². The third-order valence-corrected chi connectivity index (χ3v) is 4.90. The van der Waals surface area contributed by atoms with E-state index in [1.165, 1.54) is 5.69 Å². The van der Waals surface area contributed by atoms with Gasteiger partial charge < -0.3 is 15.0 Å². The quantitative estimate of drug-likeness (QED) is 0.897. The maximum atomic E-state index is 12.4. The van der Waals surface area contributed by atoms with Crippen LogP contribution < -0.4 is 15.0 Å². The van der Waals surface area contributed by atoms with Crippen LogP contribution in [0.1, 0.15) is 11.1 Å². The van der Waals surface area contributed by atoms with Gasteiger partial charge in [0.1, 0.15) is 5.75 Å². The standard InChI is InChI=1S/C21H27N3O2/c1-16-6-4-7-17(2)21(16)22-20(25)15-23-10-12-24(13-11-23)18-8-5-9-19(14-18)26-3/h4-9,14H,10-13,15H2,1-3H3,(H,22,25). The maximum Gasteiger partial charge on any atom is 0.238 e. The van der Waals surface area contributed by atoms with Crippen LogP contribution in [0.15, 0.2) is 42.5 Å². The molecule has 2 aromatic carbocycles. The van der Waals surface area contributed by atoms with Crippen molar-refractivity contribution in [3.63, 3.8) is 0 Å². The molecular weight excluding hydrogens is 326 g/mol. The van der Waals surface area contributed by atoms with Crippen LogP contribution >= 0.6 is 0 Å². The van der Waals surface area contributed by atoms with Crippen LogP contribution in [0.2, 0.25) is 0 Å². The Bertz CT molecular complexity index is 747. The van der Waals surface area contributed by atoms with Gasteiger partial charge in [0.2, 0.25) is 5.91 Å². The number of piperazine rings is 1. The lowest BCUT2D eigenvalue weighted by Crippen LogP contribution is -2.48. The van der Waals surface area contributed by atoms with E-state index in [2.05, 4.69) is 27.2 Å². The average Bonchev–Trinajstić information content (AvgIpc) is 2.65. The lowest BCUT2D eigenvalue weighted by molar-refractivity contribution is -0.117. The number of rotatable bonds is 5. The Kier molecular flexibility index (Phi) is 5.78. The molecule has 26 heavy (non-hydrogen) atoms. The van der Waals surface area contributed by atoms with Gasteiger partial charge in [-0.1, -0.05) is 24.3 Å². The molecule has 0 radical (unpaired) electrons. The first-order chi connectivity index (χ1) is 12.6. The van der Waals surface area contributed by atoms with Gasteiger partial charge in [-0.25, -0.2) is 0 Å². The fourth-order valence-electron chi connectivity index (χ4n) is 3.37. The molecule has 1 saturated heterocycles. The number of para-hydroxylation sites is 1. The highest BCUT2D eigenvalue weighted by atomic mass is 16.5. The van der Waals surface area contributed by atoms with Crippen molar-refractivity contribution in [2.24, 2.45) is 0 Å². The van der Waals surface area contributed by atoms with E-state index in [-0.39, 0.29) is 5.91 Å². The van der Waals surface area contributed by atoms with Crippen molar-refractivity contribution in [3.8, 4) is 5.75 Å². The van der Waals surface area contributed by atoms with E-state index >= 15 is 0 Å². The summed E-state index contributed by atoms with van der Waals surface area (Å²) in [5.41, 5.74) is 4.30. The molecule has 5 nitrogen and oxygen atoms in total. The second-order valence-electron chi connectivity index (χ2n) is 6.78. The monoisotopic (exact) mass is 353 g/mol. The lowest BCUT2D eigenvalue weighted by Gasteiger charge is -2.35. The van der Waals surface area contributed by atoms with Crippen LogP contribution in [0.4, 0.5) is 11.4 Å². The zero-order chi connectivity index (χ0) is 18.5. The zero-order valence-corrected chi connectivity index (χ0v) is 15.8. The number of carbonyl (C=O) groups excluding carboxylic acids is 1. The number of amides is 1. The van der Waals surface area contributed by atoms with Crippen LogP contribution in [0, 0.1) is 13.8 Å². The highest BCUT2D eigenvalue weighted by Gasteiger charge is 2.20. The molecule has 3 rings (SSSR count). The van der Waals surface area contributed by atoms with Gasteiger partial charge in [0.05, 0.1) is 13.7 Å². The van der Waals surface area contributed by atoms with Crippen LogP contribution in [-0.2, 0) is 4.79 Å². The van der Waals surface area contributed by atoms with Gasteiger partial charge in [0.25, 0.3) is 0 Å². The molecular formula is C21H27N3O2. The fraction of sp³-hybridized carbons (Fsp3) is 0.381. The predicted octanol–water partition coefficient (Wildman–Crippen LogP) is 3.07. The van der Waals surface area contributed by atoms with Crippen LogP contribution in [0.25, 0.3) is 0 Å². The third-order valence-electron chi connectivity index (χ3n) is 4.90. The molecule has 0 atom stereocenters. The summed E-state index contributed by atoms with van der Waals surface area (Å²) in [5.74, 6) is 0.926. The van der Waals surface area contributed by atoms with Crippen LogP contribution in [-0.4, -0.2) is 50.6 Å². The molecule has 1 fully saturated rings. The van der Waals surface area contributed by atoms with E-state index in [0.717, 1.165) is 48.7 Å². The molecule has 0 aromatic heterocycles. The molecule has 1 amide bonds. The number of anilines is 2. The molecule has 2 aromatic rings. The number of methoxy groups -OCH3 is 1. The number of carbonyl (C=O) groups is 1. The van der Waals surface area contributed by atoms with E-state index in [9.17, 15) is 4.79 Å². The molecule has 0 spiro atoms. The van der Waals surface area contributed by atoms with E-state index < -0.39 is 0 Å². The van der Waals surface area contributed by atoms with E-state index in [4.69, 9.17) is 4.74 Å². The number of nitrogens with zero attached hydrogens (tertiary/aromatic N) is 2. The second-order valence-corrected chi connectivity index (χ2v) is 6.78. The number of benzene rings is 2. The van der Waals surface area contributed by atoms with E-state index in [0.29, 0.717) is 6.54 Å².